The van der Waals surface area contributed by atoms with Gasteiger partial charge >= 0.3 is 5.97 Å². The number of aryl methyl sites for hydroxylation is 1. The Labute approximate surface area is 227 Å². The van der Waals surface area contributed by atoms with Crippen LogP contribution in [0.1, 0.15) is 34.5 Å². The average Bonchev–Trinajstić information content (AvgIpc) is 3.58. The van der Waals surface area contributed by atoms with Gasteiger partial charge in [-0.2, -0.15) is 0 Å². The molecule has 1 atom stereocenters. The van der Waals surface area contributed by atoms with Crippen LogP contribution in [-0.4, -0.2) is 17.1 Å². The van der Waals surface area contributed by atoms with Crippen LogP contribution in [0.2, 0.25) is 0 Å². The number of nitrogens with zero attached hydrogens (tertiary/aromatic N) is 2. The Kier molecular flexibility index (Phi) is 6.39. The lowest BCUT2D eigenvalue weighted by atomic mass is 9.97. The van der Waals surface area contributed by atoms with Crippen LogP contribution < -0.4 is 14.9 Å². The molecule has 0 N–H and O–H groups in total. The maximum absolute atomic E-state index is 14.1. The molecule has 3 heterocycles. The molecule has 2 aromatic heterocycles. The Morgan fingerprint density at radius 2 is 1.82 bits per heavy atom. The van der Waals surface area contributed by atoms with Crippen molar-refractivity contribution in [3.05, 3.63) is 131 Å². The van der Waals surface area contributed by atoms with Gasteiger partial charge in [0.1, 0.15) is 6.04 Å². The zero-order valence-corrected chi connectivity index (χ0v) is 22.5. The summed E-state index contributed by atoms with van der Waals surface area (Å²) >= 11 is 2.85. The summed E-state index contributed by atoms with van der Waals surface area (Å²) in [7, 11) is 0. The van der Waals surface area contributed by atoms with E-state index in [9.17, 15) is 9.59 Å². The van der Waals surface area contributed by atoms with Crippen LogP contribution in [0.4, 0.5) is 0 Å². The van der Waals surface area contributed by atoms with Crippen molar-refractivity contribution in [2.45, 2.75) is 19.9 Å². The molecule has 0 spiro atoms. The second-order valence-corrected chi connectivity index (χ2v) is 11.0. The van der Waals surface area contributed by atoms with Crippen molar-refractivity contribution in [1.29, 1.82) is 0 Å². The van der Waals surface area contributed by atoms with E-state index < -0.39 is 12.0 Å². The first-order valence-electron chi connectivity index (χ1n) is 12.4. The quantitative estimate of drug-likeness (QED) is 0.280. The molecule has 5 nitrogen and oxygen atoms in total. The normalized spacial score (nSPS) is 15.4. The number of carbonyl (C=O) groups excluding carboxylic acids is 1. The summed E-state index contributed by atoms with van der Waals surface area (Å²) in [6.45, 7) is 4.06. The smallest absolute Gasteiger partial charge is 0.338 e. The van der Waals surface area contributed by atoms with E-state index in [1.54, 1.807) is 11.5 Å². The summed E-state index contributed by atoms with van der Waals surface area (Å²) in [5.74, 6) is -0.465. The molecule has 38 heavy (non-hydrogen) atoms. The number of ether oxygens (including phenoxy) is 1. The second-order valence-electron chi connectivity index (χ2n) is 8.96. The van der Waals surface area contributed by atoms with Crippen LogP contribution in [0.15, 0.2) is 99.6 Å². The number of aromatic nitrogens is 1. The molecule has 7 heteroatoms. The third-order valence-electron chi connectivity index (χ3n) is 6.65. The Morgan fingerprint density at radius 3 is 2.58 bits per heavy atom. The Bertz CT molecular complexity index is 1880. The molecule has 0 bridgehead atoms. The monoisotopic (exact) mass is 536 g/mol. The lowest BCUT2D eigenvalue weighted by molar-refractivity contribution is -0.138. The van der Waals surface area contributed by atoms with E-state index in [1.807, 2.05) is 66.1 Å². The molecule has 1 aliphatic heterocycles. The molecular formula is C31H24N2O3S2. The molecule has 0 fully saturated rings. The number of benzene rings is 3. The average molecular weight is 537 g/mol. The predicted molar refractivity (Wildman–Crippen MR) is 154 cm³/mol. The molecule has 0 saturated carbocycles. The zero-order chi connectivity index (χ0) is 26.2. The third-order valence-corrected chi connectivity index (χ3v) is 8.56. The molecule has 1 aliphatic rings. The van der Waals surface area contributed by atoms with Gasteiger partial charge in [0, 0.05) is 10.4 Å². The van der Waals surface area contributed by atoms with Crippen LogP contribution >= 0.6 is 22.7 Å². The van der Waals surface area contributed by atoms with Crippen molar-refractivity contribution >= 4 is 51.2 Å². The largest absolute Gasteiger partial charge is 0.463 e. The van der Waals surface area contributed by atoms with Gasteiger partial charge in [-0.25, -0.2) is 9.79 Å². The Hall–Kier alpha value is -4.07. The fourth-order valence-corrected chi connectivity index (χ4v) is 6.69. The van der Waals surface area contributed by atoms with Gasteiger partial charge in [0.25, 0.3) is 5.56 Å². The van der Waals surface area contributed by atoms with Crippen molar-refractivity contribution in [2.24, 2.45) is 4.99 Å². The van der Waals surface area contributed by atoms with Crippen molar-refractivity contribution < 1.29 is 9.53 Å². The fraction of sp³-hybridized carbons (Fsp3) is 0.129. The van der Waals surface area contributed by atoms with Gasteiger partial charge in [-0.05, 0) is 53.3 Å². The Balaban J connectivity index is 1.66. The summed E-state index contributed by atoms with van der Waals surface area (Å²) in [6.07, 6.45) is 1.96. The van der Waals surface area contributed by atoms with Gasteiger partial charge in [-0.1, -0.05) is 84.1 Å². The highest BCUT2D eigenvalue weighted by Gasteiger charge is 2.35. The van der Waals surface area contributed by atoms with Gasteiger partial charge in [-0.3, -0.25) is 9.36 Å². The van der Waals surface area contributed by atoms with Crippen molar-refractivity contribution in [3.63, 3.8) is 0 Å². The number of rotatable bonds is 5. The maximum atomic E-state index is 14.1. The zero-order valence-electron chi connectivity index (χ0n) is 20.9. The molecule has 1 unspecified atom stereocenters. The van der Waals surface area contributed by atoms with E-state index in [2.05, 4.69) is 31.2 Å². The maximum Gasteiger partial charge on any atom is 0.338 e. The van der Waals surface area contributed by atoms with Gasteiger partial charge in [0.05, 0.1) is 22.4 Å². The lowest BCUT2D eigenvalue weighted by Crippen LogP contribution is -2.39. The molecule has 0 radical (unpaired) electrons. The molecule has 0 saturated heterocycles. The van der Waals surface area contributed by atoms with Gasteiger partial charge in [-0.15, -0.1) is 11.3 Å². The summed E-state index contributed by atoms with van der Waals surface area (Å²) in [5.41, 5.74) is 3.64. The molecule has 5 aromatic rings. The number of carbonyl (C=O) groups is 1. The van der Waals surface area contributed by atoms with E-state index in [1.165, 1.54) is 22.7 Å². The first kappa shape index (κ1) is 24.3. The minimum absolute atomic E-state index is 0.173. The predicted octanol–water partition coefficient (Wildman–Crippen LogP) is 5.46. The summed E-state index contributed by atoms with van der Waals surface area (Å²) in [6, 6.07) is 25.2. The number of esters is 1. The highest BCUT2D eigenvalue weighted by Crippen LogP contribution is 2.36. The lowest BCUT2D eigenvalue weighted by Gasteiger charge is -2.24. The first-order valence-corrected chi connectivity index (χ1v) is 14.1. The van der Waals surface area contributed by atoms with Crippen molar-refractivity contribution in [1.82, 2.24) is 4.57 Å². The van der Waals surface area contributed by atoms with Crippen LogP contribution in [0.3, 0.4) is 0 Å². The highest BCUT2D eigenvalue weighted by atomic mass is 32.1. The van der Waals surface area contributed by atoms with E-state index in [0.29, 0.717) is 20.6 Å². The molecule has 3 aromatic carbocycles. The van der Waals surface area contributed by atoms with E-state index >= 15 is 0 Å². The topological polar surface area (TPSA) is 60.7 Å². The number of fused-ring (bicyclic) bond motifs is 2. The Morgan fingerprint density at radius 1 is 1.03 bits per heavy atom. The molecule has 6 rings (SSSR count). The third kappa shape index (κ3) is 4.14. The van der Waals surface area contributed by atoms with E-state index in [0.717, 1.165) is 32.3 Å². The van der Waals surface area contributed by atoms with Crippen LogP contribution in [0.5, 0.6) is 0 Å². The number of thiophene rings is 1. The SMILES string of the molecule is CCOC(=O)C1=C(c2ccccc2)N=c2s/c(=C\c3c(C)ccc4ccccc34)c(=O)n2C1c1cccs1. The second kappa shape index (κ2) is 10.0. The molecule has 0 aliphatic carbocycles. The molecule has 0 amide bonds. The van der Waals surface area contributed by atoms with Gasteiger partial charge in [0.15, 0.2) is 4.80 Å². The summed E-state index contributed by atoms with van der Waals surface area (Å²) in [4.78, 5) is 33.8. The molecule has 188 valence electrons. The summed E-state index contributed by atoms with van der Waals surface area (Å²) < 4.78 is 7.74. The molecular weight excluding hydrogens is 512 g/mol. The van der Waals surface area contributed by atoms with Crippen molar-refractivity contribution in [3.8, 4) is 0 Å². The number of hydrogen-bond donors (Lipinski definition) is 0. The fourth-order valence-electron chi connectivity index (χ4n) is 4.88. The summed E-state index contributed by atoms with van der Waals surface area (Å²) in [5, 5.41) is 4.16. The van der Waals surface area contributed by atoms with E-state index in [4.69, 9.17) is 9.73 Å². The number of thiazole rings is 1. The minimum Gasteiger partial charge on any atom is -0.463 e. The van der Waals surface area contributed by atoms with Crippen LogP contribution in [0.25, 0.3) is 22.5 Å². The first-order chi connectivity index (χ1) is 18.6. The highest BCUT2D eigenvalue weighted by molar-refractivity contribution is 7.10. The minimum atomic E-state index is -0.628. The van der Waals surface area contributed by atoms with Gasteiger partial charge < -0.3 is 4.74 Å². The van der Waals surface area contributed by atoms with E-state index in [-0.39, 0.29) is 12.2 Å². The van der Waals surface area contributed by atoms with Crippen LogP contribution in [0, 0.1) is 6.92 Å². The number of hydrogen-bond acceptors (Lipinski definition) is 6. The van der Waals surface area contributed by atoms with Gasteiger partial charge in [0.2, 0.25) is 0 Å². The van der Waals surface area contributed by atoms with Crippen LogP contribution in [-0.2, 0) is 9.53 Å². The standard InChI is InChI=1S/C31H24N2O3S2/c1-3-36-30(35)26-27(21-11-5-4-6-12-21)32-31-33(28(26)24-14-9-17-37-24)29(34)25(38-31)18-23-19(2)15-16-20-10-7-8-13-22(20)23/h4-18,28H,3H2,1-2H3/b25-18-. The van der Waals surface area contributed by atoms with Crippen molar-refractivity contribution in [2.75, 3.05) is 6.61 Å².